The second-order valence-electron chi connectivity index (χ2n) is 5.16. The SMILES string of the molecule is FC1(Cc2ccn(C3CCCC3)n2)CNC1. The van der Waals surface area contributed by atoms with Gasteiger partial charge in [0.1, 0.15) is 5.67 Å². The monoisotopic (exact) mass is 223 g/mol. The van der Waals surface area contributed by atoms with E-state index in [-0.39, 0.29) is 0 Å². The number of hydrogen-bond donors (Lipinski definition) is 1. The fraction of sp³-hybridized carbons (Fsp3) is 0.750. The first kappa shape index (κ1) is 10.3. The summed E-state index contributed by atoms with van der Waals surface area (Å²) in [7, 11) is 0. The van der Waals surface area contributed by atoms with Gasteiger partial charge in [0.2, 0.25) is 0 Å². The molecule has 1 N–H and O–H groups in total. The second kappa shape index (κ2) is 3.84. The molecule has 16 heavy (non-hydrogen) atoms. The minimum atomic E-state index is -1.05. The average molecular weight is 223 g/mol. The summed E-state index contributed by atoms with van der Waals surface area (Å²) in [6, 6.07) is 2.53. The van der Waals surface area contributed by atoms with Gasteiger partial charge >= 0.3 is 0 Å². The highest BCUT2D eigenvalue weighted by Gasteiger charge is 2.37. The van der Waals surface area contributed by atoms with Gasteiger partial charge in [0.15, 0.2) is 0 Å². The molecule has 0 atom stereocenters. The standard InChI is InChI=1S/C12H18FN3/c13-12(8-14-9-12)7-10-5-6-16(15-10)11-3-1-2-4-11/h5-6,11,14H,1-4,7-9H2. The third-order valence-electron chi connectivity index (χ3n) is 3.74. The van der Waals surface area contributed by atoms with Crippen LogP contribution >= 0.6 is 0 Å². The van der Waals surface area contributed by atoms with Crippen LogP contribution in [0.2, 0.25) is 0 Å². The Hall–Kier alpha value is -0.900. The summed E-state index contributed by atoms with van der Waals surface area (Å²) in [5.41, 5.74) is -0.148. The molecule has 1 aliphatic carbocycles. The predicted molar refractivity (Wildman–Crippen MR) is 60.1 cm³/mol. The van der Waals surface area contributed by atoms with Crippen molar-refractivity contribution in [3.05, 3.63) is 18.0 Å². The van der Waals surface area contributed by atoms with Crippen LogP contribution in [-0.4, -0.2) is 28.5 Å². The lowest BCUT2D eigenvalue weighted by molar-refractivity contribution is 0.0897. The second-order valence-corrected chi connectivity index (χ2v) is 5.16. The van der Waals surface area contributed by atoms with Gasteiger partial charge in [0, 0.05) is 25.7 Å². The zero-order valence-electron chi connectivity index (χ0n) is 9.45. The van der Waals surface area contributed by atoms with E-state index in [1.165, 1.54) is 25.7 Å². The number of aromatic nitrogens is 2. The molecule has 2 fully saturated rings. The molecule has 3 nitrogen and oxygen atoms in total. The summed E-state index contributed by atoms with van der Waals surface area (Å²) >= 11 is 0. The predicted octanol–water partition coefficient (Wildman–Crippen LogP) is 1.85. The van der Waals surface area contributed by atoms with E-state index in [1.54, 1.807) is 0 Å². The van der Waals surface area contributed by atoms with Crippen molar-refractivity contribution in [2.75, 3.05) is 13.1 Å². The molecule has 3 rings (SSSR count). The van der Waals surface area contributed by atoms with E-state index in [1.807, 2.05) is 16.9 Å². The molecule has 0 spiro atoms. The molecule has 1 saturated carbocycles. The number of halogens is 1. The first-order valence-electron chi connectivity index (χ1n) is 6.19. The highest BCUT2D eigenvalue weighted by atomic mass is 19.1. The largest absolute Gasteiger partial charge is 0.310 e. The molecule has 4 heteroatoms. The molecular formula is C12H18FN3. The van der Waals surface area contributed by atoms with Crippen LogP contribution < -0.4 is 5.32 Å². The molecule has 0 unspecified atom stereocenters. The quantitative estimate of drug-likeness (QED) is 0.847. The van der Waals surface area contributed by atoms with Crippen molar-refractivity contribution < 1.29 is 4.39 Å². The molecule has 0 radical (unpaired) electrons. The summed E-state index contributed by atoms with van der Waals surface area (Å²) in [5, 5.41) is 7.48. The first-order chi connectivity index (χ1) is 7.75. The van der Waals surface area contributed by atoms with Crippen molar-refractivity contribution in [1.29, 1.82) is 0 Å². The third kappa shape index (κ3) is 1.86. The van der Waals surface area contributed by atoms with E-state index in [2.05, 4.69) is 10.4 Å². The van der Waals surface area contributed by atoms with Gasteiger partial charge in [-0.15, -0.1) is 0 Å². The average Bonchev–Trinajstić information content (AvgIpc) is 2.83. The van der Waals surface area contributed by atoms with E-state index in [4.69, 9.17) is 0 Å². The summed E-state index contributed by atoms with van der Waals surface area (Å²) in [6.07, 6.45) is 7.53. The number of hydrogen-bond acceptors (Lipinski definition) is 2. The molecule has 0 amide bonds. The fourth-order valence-electron chi connectivity index (χ4n) is 2.69. The molecule has 1 aromatic rings. The van der Waals surface area contributed by atoms with Gasteiger partial charge in [-0.3, -0.25) is 4.68 Å². The van der Waals surface area contributed by atoms with Crippen molar-refractivity contribution in [3.8, 4) is 0 Å². The lowest BCUT2D eigenvalue weighted by atomic mass is 9.94. The topological polar surface area (TPSA) is 29.9 Å². The van der Waals surface area contributed by atoms with E-state index in [0.29, 0.717) is 25.6 Å². The molecular weight excluding hydrogens is 205 g/mol. The highest BCUT2D eigenvalue weighted by molar-refractivity contribution is 5.09. The van der Waals surface area contributed by atoms with E-state index >= 15 is 0 Å². The van der Waals surface area contributed by atoms with Gasteiger partial charge in [-0.05, 0) is 18.9 Å². The van der Waals surface area contributed by atoms with Gasteiger partial charge in [0.25, 0.3) is 0 Å². The molecule has 1 aromatic heterocycles. The van der Waals surface area contributed by atoms with Crippen molar-refractivity contribution in [2.24, 2.45) is 0 Å². The molecule has 88 valence electrons. The molecule has 2 aliphatic rings. The zero-order valence-corrected chi connectivity index (χ0v) is 9.45. The van der Waals surface area contributed by atoms with Crippen molar-refractivity contribution in [2.45, 2.75) is 43.8 Å². The minimum Gasteiger partial charge on any atom is -0.310 e. The summed E-state index contributed by atoms with van der Waals surface area (Å²) in [5.74, 6) is 0. The maximum atomic E-state index is 13.9. The molecule has 0 bridgehead atoms. The third-order valence-corrected chi connectivity index (χ3v) is 3.74. The Morgan fingerprint density at radius 2 is 2.19 bits per heavy atom. The smallest absolute Gasteiger partial charge is 0.141 e. The molecule has 0 aromatic carbocycles. The minimum absolute atomic E-state index is 0.458. The number of nitrogens with zero attached hydrogens (tertiary/aromatic N) is 2. The van der Waals surface area contributed by atoms with Gasteiger partial charge in [-0.25, -0.2) is 4.39 Å². The maximum Gasteiger partial charge on any atom is 0.141 e. The van der Waals surface area contributed by atoms with Crippen molar-refractivity contribution in [1.82, 2.24) is 15.1 Å². The number of alkyl halides is 1. The van der Waals surface area contributed by atoms with Crippen LogP contribution in [0.3, 0.4) is 0 Å². The summed E-state index contributed by atoms with van der Waals surface area (Å²) < 4.78 is 15.9. The zero-order chi connectivity index (χ0) is 11.0. The summed E-state index contributed by atoms with van der Waals surface area (Å²) in [6.45, 7) is 0.951. The Morgan fingerprint density at radius 3 is 2.81 bits per heavy atom. The van der Waals surface area contributed by atoms with Crippen LogP contribution in [0.15, 0.2) is 12.3 Å². The molecule has 1 saturated heterocycles. The number of nitrogens with one attached hydrogen (secondary N) is 1. The molecule has 1 aliphatic heterocycles. The van der Waals surface area contributed by atoms with E-state index in [0.717, 1.165) is 5.69 Å². The van der Waals surface area contributed by atoms with Crippen LogP contribution in [0.25, 0.3) is 0 Å². The van der Waals surface area contributed by atoms with E-state index in [9.17, 15) is 4.39 Å². The van der Waals surface area contributed by atoms with Crippen LogP contribution in [0.4, 0.5) is 4.39 Å². The Morgan fingerprint density at radius 1 is 1.44 bits per heavy atom. The highest BCUT2D eigenvalue weighted by Crippen LogP contribution is 2.29. The fourth-order valence-corrected chi connectivity index (χ4v) is 2.69. The molecule has 2 heterocycles. The van der Waals surface area contributed by atoms with E-state index < -0.39 is 5.67 Å². The van der Waals surface area contributed by atoms with Crippen molar-refractivity contribution in [3.63, 3.8) is 0 Å². The van der Waals surface area contributed by atoms with Crippen LogP contribution in [-0.2, 0) is 6.42 Å². The lowest BCUT2D eigenvalue weighted by Crippen LogP contribution is -2.57. The van der Waals surface area contributed by atoms with Crippen LogP contribution in [0, 0.1) is 0 Å². The van der Waals surface area contributed by atoms with Gasteiger partial charge in [-0.1, -0.05) is 12.8 Å². The normalized spacial score (nSPS) is 24.6. The van der Waals surface area contributed by atoms with Gasteiger partial charge < -0.3 is 5.32 Å². The Balaban J connectivity index is 1.67. The first-order valence-corrected chi connectivity index (χ1v) is 6.19. The van der Waals surface area contributed by atoms with Gasteiger partial charge in [0.05, 0.1) is 11.7 Å². The maximum absolute atomic E-state index is 13.9. The lowest BCUT2D eigenvalue weighted by Gasteiger charge is -2.34. The van der Waals surface area contributed by atoms with Crippen LogP contribution in [0.1, 0.15) is 37.4 Å². The Bertz CT molecular complexity index is 364. The number of rotatable bonds is 3. The van der Waals surface area contributed by atoms with Crippen LogP contribution in [0.5, 0.6) is 0 Å². The van der Waals surface area contributed by atoms with Crippen molar-refractivity contribution >= 4 is 0 Å². The summed E-state index contributed by atoms with van der Waals surface area (Å²) in [4.78, 5) is 0. The Labute approximate surface area is 95.0 Å². The Kier molecular flexibility index (Phi) is 2.46. The van der Waals surface area contributed by atoms with Gasteiger partial charge in [-0.2, -0.15) is 5.10 Å².